The summed E-state index contributed by atoms with van der Waals surface area (Å²) in [6.45, 7) is 0.691. The maximum Gasteiger partial charge on any atom is 0.233 e. The summed E-state index contributed by atoms with van der Waals surface area (Å²) in [5, 5.41) is 0. The Kier molecular flexibility index (Phi) is 3.06. The van der Waals surface area contributed by atoms with Gasteiger partial charge in [-0.15, -0.1) is 0 Å². The third-order valence-corrected chi connectivity index (χ3v) is 7.63. The van der Waals surface area contributed by atoms with Crippen LogP contribution in [0.5, 0.6) is 0 Å². The maximum absolute atomic E-state index is 12.6. The molecule has 23 heavy (non-hydrogen) atoms. The van der Waals surface area contributed by atoms with Crippen LogP contribution in [0.3, 0.4) is 0 Å². The van der Waals surface area contributed by atoms with Gasteiger partial charge in [-0.25, -0.2) is 0 Å². The van der Waals surface area contributed by atoms with E-state index in [0.717, 1.165) is 37.0 Å². The van der Waals surface area contributed by atoms with Crippen molar-refractivity contribution in [3.63, 3.8) is 0 Å². The Hall–Kier alpha value is -1.12. The summed E-state index contributed by atoms with van der Waals surface area (Å²) < 4.78 is 0. The first kappa shape index (κ1) is 14.2. The Balaban J connectivity index is 1.30. The molecule has 1 aliphatic heterocycles. The molecule has 0 aromatic rings. The molecule has 2 amide bonds. The molecule has 4 saturated carbocycles. The van der Waals surface area contributed by atoms with E-state index in [2.05, 4.69) is 12.2 Å². The van der Waals surface area contributed by atoms with Crippen LogP contribution < -0.4 is 0 Å². The quantitative estimate of drug-likeness (QED) is 0.590. The van der Waals surface area contributed by atoms with E-state index in [0.29, 0.717) is 12.0 Å². The van der Waals surface area contributed by atoms with Crippen molar-refractivity contribution in [3.05, 3.63) is 12.2 Å². The second kappa shape index (κ2) is 4.94. The lowest BCUT2D eigenvalue weighted by Gasteiger charge is -2.57. The molecule has 3 heteroatoms. The zero-order chi connectivity index (χ0) is 15.6. The second-order valence-electron chi connectivity index (χ2n) is 9.15. The van der Waals surface area contributed by atoms with Crippen molar-refractivity contribution in [2.75, 3.05) is 6.54 Å². The van der Waals surface area contributed by atoms with Gasteiger partial charge in [0.05, 0.1) is 11.8 Å². The van der Waals surface area contributed by atoms with Crippen molar-refractivity contribution < 1.29 is 9.59 Å². The molecule has 1 heterocycles. The number of hydrogen-bond donors (Lipinski definition) is 0. The predicted molar refractivity (Wildman–Crippen MR) is 87.3 cm³/mol. The fourth-order valence-electron chi connectivity index (χ4n) is 7.03. The minimum absolute atomic E-state index is 0.0520. The minimum Gasteiger partial charge on any atom is -0.282 e. The standard InChI is InChI=1S/C20H27NO2/c22-18-16-3-1-2-4-17(16)19(23)21(18)6-5-20-10-13-7-14(11-20)9-15(8-13)12-20/h1-2,13-17H,3-12H2. The van der Waals surface area contributed by atoms with E-state index < -0.39 is 0 Å². The lowest BCUT2D eigenvalue weighted by Crippen LogP contribution is -2.47. The van der Waals surface area contributed by atoms with E-state index in [4.69, 9.17) is 0 Å². The fourth-order valence-corrected chi connectivity index (χ4v) is 7.03. The predicted octanol–water partition coefficient (Wildman–Crippen LogP) is 3.54. The zero-order valence-corrected chi connectivity index (χ0v) is 13.9. The summed E-state index contributed by atoms with van der Waals surface area (Å²) in [4.78, 5) is 26.9. The fraction of sp³-hybridized carbons (Fsp3) is 0.800. The Morgan fingerprint density at radius 2 is 1.35 bits per heavy atom. The van der Waals surface area contributed by atoms with E-state index in [9.17, 15) is 9.59 Å². The van der Waals surface area contributed by atoms with Crippen LogP contribution in [0.25, 0.3) is 0 Å². The van der Waals surface area contributed by atoms with Gasteiger partial charge in [-0.3, -0.25) is 14.5 Å². The highest BCUT2D eigenvalue weighted by atomic mass is 16.2. The number of carbonyl (C=O) groups excluding carboxylic acids is 2. The third kappa shape index (κ3) is 2.15. The molecule has 2 unspecified atom stereocenters. The zero-order valence-electron chi connectivity index (χ0n) is 13.9. The Bertz CT molecular complexity index is 517. The van der Waals surface area contributed by atoms with E-state index in [-0.39, 0.29) is 23.7 Å². The van der Waals surface area contributed by atoms with Crippen molar-refractivity contribution in [1.29, 1.82) is 0 Å². The van der Waals surface area contributed by atoms with E-state index >= 15 is 0 Å². The van der Waals surface area contributed by atoms with Crippen molar-refractivity contribution >= 4 is 11.8 Å². The molecule has 0 radical (unpaired) electrons. The molecule has 0 spiro atoms. The topological polar surface area (TPSA) is 37.4 Å². The van der Waals surface area contributed by atoms with Gasteiger partial charge in [-0.2, -0.15) is 0 Å². The monoisotopic (exact) mass is 313 g/mol. The van der Waals surface area contributed by atoms with Crippen LogP contribution in [0.2, 0.25) is 0 Å². The Morgan fingerprint density at radius 1 is 0.870 bits per heavy atom. The lowest BCUT2D eigenvalue weighted by molar-refractivity contribution is -0.141. The summed E-state index contributed by atoms with van der Waals surface area (Å²) in [5.74, 6) is 2.96. The summed E-state index contributed by atoms with van der Waals surface area (Å²) in [7, 11) is 0. The lowest BCUT2D eigenvalue weighted by atomic mass is 9.49. The van der Waals surface area contributed by atoms with E-state index in [1.165, 1.54) is 38.5 Å². The summed E-state index contributed by atoms with van der Waals surface area (Å²) in [5.41, 5.74) is 0.460. The molecule has 5 aliphatic carbocycles. The summed E-state index contributed by atoms with van der Waals surface area (Å²) in [6.07, 6.45) is 15.2. The number of carbonyl (C=O) groups is 2. The molecule has 3 nitrogen and oxygen atoms in total. The first-order valence-corrected chi connectivity index (χ1v) is 9.64. The number of likely N-dealkylation sites (tertiary alicyclic amines) is 1. The third-order valence-electron chi connectivity index (χ3n) is 7.63. The number of nitrogens with zero attached hydrogens (tertiary/aromatic N) is 1. The number of fused-ring (bicyclic) bond motifs is 1. The summed E-state index contributed by atoms with van der Waals surface area (Å²) in [6, 6.07) is 0. The van der Waals surface area contributed by atoms with Crippen molar-refractivity contribution in [2.24, 2.45) is 35.0 Å². The molecule has 0 aromatic carbocycles. The first-order valence-electron chi connectivity index (χ1n) is 9.64. The summed E-state index contributed by atoms with van der Waals surface area (Å²) >= 11 is 0. The second-order valence-corrected chi connectivity index (χ2v) is 9.15. The van der Waals surface area contributed by atoms with Gasteiger partial charge in [0, 0.05) is 6.54 Å². The number of amides is 2. The maximum atomic E-state index is 12.6. The molecule has 2 atom stereocenters. The van der Waals surface area contributed by atoms with Crippen LogP contribution in [0.1, 0.15) is 57.8 Å². The average Bonchev–Trinajstić information content (AvgIpc) is 2.76. The molecule has 6 rings (SSSR count). The molecule has 1 saturated heterocycles. The molecule has 0 N–H and O–H groups in total. The molecular formula is C20H27NO2. The van der Waals surface area contributed by atoms with Gasteiger partial charge in [-0.1, -0.05) is 12.2 Å². The Morgan fingerprint density at radius 3 is 1.83 bits per heavy atom. The van der Waals surface area contributed by atoms with Crippen molar-refractivity contribution in [1.82, 2.24) is 4.90 Å². The molecule has 4 bridgehead atoms. The van der Waals surface area contributed by atoms with E-state index in [1.807, 2.05) is 0 Å². The number of allylic oxidation sites excluding steroid dienone is 2. The molecule has 124 valence electrons. The van der Waals surface area contributed by atoms with Crippen molar-refractivity contribution in [3.8, 4) is 0 Å². The van der Waals surface area contributed by atoms with Crippen LogP contribution in [0, 0.1) is 35.0 Å². The number of hydrogen-bond acceptors (Lipinski definition) is 2. The highest BCUT2D eigenvalue weighted by Crippen LogP contribution is 2.61. The highest BCUT2D eigenvalue weighted by Gasteiger charge is 2.52. The average molecular weight is 313 g/mol. The molecule has 5 fully saturated rings. The van der Waals surface area contributed by atoms with Gasteiger partial charge in [0.2, 0.25) is 11.8 Å². The van der Waals surface area contributed by atoms with Gasteiger partial charge in [0.1, 0.15) is 0 Å². The number of rotatable bonds is 3. The highest BCUT2D eigenvalue weighted by molar-refractivity contribution is 6.05. The van der Waals surface area contributed by atoms with Crippen LogP contribution in [0.4, 0.5) is 0 Å². The smallest absolute Gasteiger partial charge is 0.233 e. The normalized spacial score (nSPS) is 47.5. The first-order chi connectivity index (χ1) is 11.1. The van der Waals surface area contributed by atoms with E-state index in [1.54, 1.807) is 4.90 Å². The van der Waals surface area contributed by atoms with Crippen LogP contribution in [-0.4, -0.2) is 23.3 Å². The van der Waals surface area contributed by atoms with Gasteiger partial charge in [-0.05, 0) is 81.0 Å². The van der Waals surface area contributed by atoms with Crippen LogP contribution in [0.15, 0.2) is 12.2 Å². The molecule has 0 aromatic heterocycles. The Labute approximate surface area is 138 Å². The van der Waals surface area contributed by atoms with Gasteiger partial charge < -0.3 is 0 Å². The SMILES string of the molecule is O=C1C2CC=CCC2C(=O)N1CCC12CC3CC(CC(C3)C1)C2. The van der Waals surface area contributed by atoms with Gasteiger partial charge >= 0.3 is 0 Å². The molecular weight excluding hydrogens is 286 g/mol. The van der Waals surface area contributed by atoms with Gasteiger partial charge in [0.25, 0.3) is 0 Å². The largest absolute Gasteiger partial charge is 0.282 e. The van der Waals surface area contributed by atoms with Crippen LogP contribution >= 0.6 is 0 Å². The molecule has 6 aliphatic rings. The van der Waals surface area contributed by atoms with Crippen molar-refractivity contribution in [2.45, 2.75) is 57.8 Å². The minimum atomic E-state index is -0.0520. The number of imide groups is 1. The van der Waals surface area contributed by atoms with Gasteiger partial charge in [0.15, 0.2) is 0 Å². The van der Waals surface area contributed by atoms with Crippen LogP contribution in [-0.2, 0) is 9.59 Å².